The molecule has 1 fully saturated rings. The molecule has 1 aliphatic rings. The van der Waals surface area contributed by atoms with E-state index in [4.69, 9.17) is 0 Å². The van der Waals surface area contributed by atoms with Crippen LogP contribution < -0.4 is 0 Å². The molecule has 0 aromatic heterocycles. The molecular formula is C21H19FN2O5. The van der Waals surface area contributed by atoms with Crippen LogP contribution in [0.3, 0.4) is 0 Å². The zero-order chi connectivity index (χ0) is 21.1. The molecule has 0 aliphatic carbocycles. The van der Waals surface area contributed by atoms with E-state index in [1.54, 1.807) is 6.07 Å². The highest BCUT2D eigenvalue weighted by atomic mass is 19.1. The van der Waals surface area contributed by atoms with Gasteiger partial charge >= 0.3 is 0 Å². The van der Waals surface area contributed by atoms with Crippen molar-refractivity contribution >= 4 is 23.1 Å². The molecule has 1 amide bonds. The highest BCUT2D eigenvalue weighted by Crippen LogP contribution is 2.40. The fraction of sp³-hybridized carbons (Fsp3) is 0.238. The monoisotopic (exact) mass is 398 g/mol. The number of likely N-dealkylation sites (tertiary alicyclic amines) is 1. The summed E-state index contributed by atoms with van der Waals surface area (Å²) >= 11 is 0. The Hall–Kier alpha value is -3.55. The van der Waals surface area contributed by atoms with Gasteiger partial charge in [0.2, 0.25) is 0 Å². The predicted molar refractivity (Wildman–Crippen MR) is 103 cm³/mol. The number of nitrogens with zero attached hydrogens (tertiary/aromatic N) is 2. The summed E-state index contributed by atoms with van der Waals surface area (Å²) in [5, 5.41) is 21.6. The molecule has 29 heavy (non-hydrogen) atoms. The van der Waals surface area contributed by atoms with Crippen LogP contribution in [-0.4, -0.2) is 33.2 Å². The fourth-order valence-electron chi connectivity index (χ4n) is 3.36. The molecular weight excluding hydrogens is 379 g/mol. The summed E-state index contributed by atoms with van der Waals surface area (Å²) in [7, 11) is 0. The summed E-state index contributed by atoms with van der Waals surface area (Å²) < 4.78 is 14.5. The number of carbonyl (C=O) groups excluding carboxylic acids is 2. The molecule has 0 unspecified atom stereocenters. The first-order valence-corrected chi connectivity index (χ1v) is 9.14. The lowest BCUT2D eigenvalue weighted by molar-refractivity contribution is -0.384. The van der Waals surface area contributed by atoms with E-state index in [0.29, 0.717) is 6.42 Å². The third-order valence-electron chi connectivity index (χ3n) is 4.84. The van der Waals surface area contributed by atoms with Crippen molar-refractivity contribution in [1.29, 1.82) is 0 Å². The molecule has 7 nitrogen and oxygen atoms in total. The fourth-order valence-corrected chi connectivity index (χ4v) is 3.36. The summed E-state index contributed by atoms with van der Waals surface area (Å²) in [4.78, 5) is 36.8. The number of benzene rings is 2. The lowest BCUT2D eigenvalue weighted by Gasteiger charge is -2.25. The molecule has 1 atom stereocenters. The first-order chi connectivity index (χ1) is 13.9. The smallest absolute Gasteiger partial charge is 0.295 e. The molecule has 1 heterocycles. The Morgan fingerprint density at radius 3 is 2.41 bits per heavy atom. The molecule has 0 spiro atoms. The number of halogens is 1. The van der Waals surface area contributed by atoms with Crippen LogP contribution in [0, 0.1) is 15.9 Å². The number of aliphatic hydroxyl groups excluding tert-OH is 1. The Balaban J connectivity index is 2.16. The summed E-state index contributed by atoms with van der Waals surface area (Å²) in [6, 6.07) is 9.63. The van der Waals surface area contributed by atoms with E-state index in [1.165, 1.54) is 47.4 Å². The number of non-ortho nitro benzene ring substituents is 1. The van der Waals surface area contributed by atoms with E-state index in [2.05, 4.69) is 0 Å². The van der Waals surface area contributed by atoms with Gasteiger partial charge in [-0.05, 0) is 24.6 Å². The van der Waals surface area contributed by atoms with E-state index >= 15 is 0 Å². The molecule has 1 aliphatic heterocycles. The van der Waals surface area contributed by atoms with Crippen molar-refractivity contribution < 1.29 is 24.0 Å². The predicted octanol–water partition coefficient (Wildman–Crippen LogP) is 3.96. The van der Waals surface area contributed by atoms with Crippen LogP contribution in [0.25, 0.3) is 5.76 Å². The molecule has 3 rings (SSSR count). The summed E-state index contributed by atoms with van der Waals surface area (Å²) in [5.74, 6) is -2.82. The third kappa shape index (κ3) is 3.73. The first kappa shape index (κ1) is 20.2. The van der Waals surface area contributed by atoms with Crippen LogP contribution in [0.5, 0.6) is 0 Å². The first-order valence-electron chi connectivity index (χ1n) is 9.14. The van der Waals surface area contributed by atoms with Crippen molar-refractivity contribution in [1.82, 2.24) is 4.90 Å². The average Bonchev–Trinajstić information content (AvgIpc) is 2.96. The van der Waals surface area contributed by atoms with E-state index < -0.39 is 34.2 Å². The molecule has 2 aromatic carbocycles. The SMILES string of the molecule is CCCCN1C(=O)C(=O)C(=C(O)c2ccc([N+](=O)[O-])cc2)[C@@H]1c1ccccc1F. The van der Waals surface area contributed by atoms with Crippen molar-refractivity contribution in [3.8, 4) is 0 Å². The Morgan fingerprint density at radius 1 is 1.17 bits per heavy atom. The topological polar surface area (TPSA) is 101 Å². The van der Waals surface area contributed by atoms with E-state index in [9.17, 15) is 29.2 Å². The number of nitro benzene ring substituents is 1. The third-order valence-corrected chi connectivity index (χ3v) is 4.84. The van der Waals surface area contributed by atoms with Gasteiger partial charge in [-0.15, -0.1) is 0 Å². The van der Waals surface area contributed by atoms with Crippen molar-refractivity contribution in [3.63, 3.8) is 0 Å². The number of Topliss-reactive ketones (excluding diaryl/α,β-unsaturated/α-hetero) is 1. The Morgan fingerprint density at radius 2 is 1.83 bits per heavy atom. The maximum atomic E-state index is 14.5. The van der Waals surface area contributed by atoms with Crippen molar-refractivity contribution in [2.45, 2.75) is 25.8 Å². The van der Waals surface area contributed by atoms with Gasteiger partial charge in [0.1, 0.15) is 11.6 Å². The normalized spacial score (nSPS) is 18.3. The van der Waals surface area contributed by atoms with Gasteiger partial charge in [-0.3, -0.25) is 19.7 Å². The number of ketones is 1. The largest absolute Gasteiger partial charge is 0.507 e. The number of carbonyl (C=O) groups is 2. The van der Waals surface area contributed by atoms with Gasteiger partial charge in [-0.1, -0.05) is 31.5 Å². The average molecular weight is 398 g/mol. The Labute approximate surface area is 166 Å². The number of hydrogen-bond acceptors (Lipinski definition) is 5. The molecule has 8 heteroatoms. The number of nitro groups is 1. The van der Waals surface area contributed by atoms with Gasteiger partial charge in [0.25, 0.3) is 17.4 Å². The van der Waals surface area contributed by atoms with Gasteiger partial charge in [0, 0.05) is 29.8 Å². The molecule has 0 bridgehead atoms. The van der Waals surface area contributed by atoms with Crippen molar-refractivity contribution in [2.24, 2.45) is 0 Å². The van der Waals surface area contributed by atoms with Crippen LogP contribution in [0.1, 0.15) is 36.9 Å². The van der Waals surface area contributed by atoms with Crippen molar-refractivity contribution in [2.75, 3.05) is 6.54 Å². The number of rotatable bonds is 6. The minimum absolute atomic E-state index is 0.103. The number of amides is 1. The van der Waals surface area contributed by atoms with Crippen LogP contribution in [0.4, 0.5) is 10.1 Å². The molecule has 1 N–H and O–H groups in total. The van der Waals surface area contributed by atoms with Crippen molar-refractivity contribution in [3.05, 3.63) is 81.2 Å². The minimum Gasteiger partial charge on any atom is -0.507 e. The van der Waals surface area contributed by atoms with Gasteiger partial charge in [0.15, 0.2) is 0 Å². The molecule has 150 valence electrons. The summed E-state index contributed by atoms with van der Waals surface area (Å²) in [5.41, 5.74) is -0.183. The maximum absolute atomic E-state index is 14.5. The van der Waals surface area contributed by atoms with Gasteiger partial charge in [-0.25, -0.2) is 4.39 Å². The second-order valence-corrected chi connectivity index (χ2v) is 6.67. The Kier molecular flexibility index (Phi) is 5.72. The molecule has 0 saturated carbocycles. The van der Waals surface area contributed by atoms with Gasteiger partial charge in [-0.2, -0.15) is 0 Å². The van der Waals surface area contributed by atoms with Crippen LogP contribution in [0.2, 0.25) is 0 Å². The van der Waals surface area contributed by atoms with E-state index in [1.807, 2.05) is 6.92 Å². The lowest BCUT2D eigenvalue weighted by Crippen LogP contribution is -2.31. The zero-order valence-electron chi connectivity index (χ0n) is 15.7. The standard InChI is InChI=1S/C21H19FN2O5/c1-2-3-12-23-18(15-6-4-5-7-16(15)22)17(20(26)21(23)27)19(25)13-8-10-14(11-9-13)24(28)29/h4-11,18,25H,2-3,12H2,1H3/t18-/m0/s1. The number of hydrogen-bond donors (Lipinski definition) is 1. The highest BCUT2D eigenvalue weighted by Gasteiger charge is 2.46. The van der Waals surface area contributed by atoms with Gasteiger partial charge < -0.3 is 10.0 Å². The second-order valence-electron chi connectivity index (χ2n) is 6.67. The summed E-state index contributed by atoms with van der Waals surface area (Å²) in [6.07, 6.45) is 1.37. The lowest BCUT2D eigenvalue weighted by atomic mass is 9.95. The minimum atomic E-state index is -1.07. The maximum Gasteiger partial charge on any atom is 0.295 e. The quantitative estimate of drug-likeness (QED) is 0.261. The van der Waals surface area contributed by atoms with Crippen LogP contribution in [-0.2, 0) is 9.59 Å². The zero-order valence-corrected chi connectivity index (χ0v) is 15.7. The van der Waals surface area contributed by atoms with Crippen LogP contribution >= 0.6 is 0 Å². The molecule has 0 radical (unpaired) electrons. The van der Waals surface area contributed by atoms with Gasteiger partial charge in [0.05, 0.1) is 16.5 Å². The van der Waals surface area contributed by atoms with Crippen LogP contribution in [0.15, 0.2) is 54.1 Å². The number of unbranched alkanes of at least 4 members (excludes halogenated alkanes) is 1. The van der Waals surface area contributed by atoms with E-state index in [0.717, 1.165) is 6.42 Å². The van der Waals surface area contributed by atoms with E-state index in [-0.39, 0.29) is 28.9 Å². The number of aliphatic hydroxyl groups is 1. The second kappa shape index (κ2) is 8.22. The Bertz CT molecular complexity index is 1000. The molecule has 2 aromatic rings. The summed E-state index contributed by atoms with van der Waals surface area (Å²) in [6.45, 7) is 2.16. The highest BCUT2D eigenvalue weighted by molar-refractivity contribution is 6.46. The molecule has 1 saturated heterocycles.